The molecule has 2 heterocycles. The van der Waals surface area contributed by atoms with Crippen molar-refractivity contribution in [2.75, 3.05) is 44.7 Å². The minimum absolute atomic E-state index is 0. The van der Waals surface area contributed by atoms with Crippen LogP contribution in [0.3, 0.4) is 0 Å². The number of halogens is 1. The largest absolute Gasteiger partial charge is 0.495 e. The second kappa shape index (κ2) is 15.5. The molecule has 0 bridgehead atoms. The summed E-state index contributed by atoms with van der Waals surface area (Å²) in [5.74, 6) is 1.02. The maximum atomic E-state index is 14.5. The molecule has 1 aromatic heterocycles. The maximum Gasteiger partial charge on any atom is 0.232 e. The Kier molecular flexibility index (Phi) is 11.5. The summed E-state index contributed by atoms with van der Waals surface area (Å²) in [6.07, 6.45) is 13.3. The van der Waals surface area contributed by atoms with Gasteiger partial charge in [0.2, 0.25) is 11.8 Å². The van der Waals surface area contributed by atoms with Crippen molar-refractivity contribution in [1.82, 2.24) is 14.4 Å². The summed E-state index contributed by atoms with van der Waals surface area (Å²) in [5.41, 5.74) is 3.54. The summed E-state index contributed by atoms with van der Waals surface area (Å²) >= 11 is 0. The molecule has 3 fully saturated rings. The molecule has 0 spiro atoms. The molecule has 3 aromatic rings. The van der Waals surface area contributed by atoms with Gasteiger partial charge < -0.3 is 14.2 Å². The fourth-order valence-corrected chi connectivity index (χ4v) is 8.00. The van der Waals surface area contributed by atoms with E-state index in [0.717, 1.165) is 89.0 Å². The molecule has 6 rings (SSSR count). The number of ether oxygens (including phenoxy) is 1. The number of aromatic nitrogens is 1. The molecule has 8 heteroatoms. The number of piperazine rings is 1. The molecule has 0 unspecified atom stereocenters. The highest BCUT2D eigenvalue weighted by Gasteiger charge is 2.39. The van der Waals surface area contributed by atoms with Gasteiger partial charge in [-0.05, 0) is 55.9 Å². The van der Waals surface area contributed by atoms with Crippen LogP contribution in [0.25, 0.3) is 10.9 Å². The van der Waals surface area contributed by atoms with Crippen molar-refractivity contribution in [2.45, 2.75) is 76.7 Å². The van der Waals surface area contributed by atoms with Crippen LogP contribution in [0.4, 0.5) is 5.69 Å². The summed E-state index contributed by atoms with van der Waals surface area (Å²) < 4.78 is 7.84. The smallest absolute Gasteiger partial charge is 0.232 e. The number of fused-ring (bicyclic) bond motifs is 1. The molecule has 1 saturated heterocycles. The number of nitrogens with zero attached hydrogens (tertiary/aromatic N) is 4. The van der Waals surface area contributed by atoms with E-state index < -0.39 is 0 Å². The number of hydrogen-bond acceptors (Lipinski definition) is 5. The quantitative estimate of drug-likeness (QED) is 0.241. The van der Waals surface area contributed by atoms with E-state index in [-0.39, 0.29) is 42.1 Å². The van der Waals surface area contributed by atoms with E-state index in [0.29, 0.717) is 13.0 Å². The zero-order valence-corrected chi connectivity index (χ0v) is 28.0. The van der Waals surface area contributed by atoms with Crippen molar-refractivity contribution in [3.8, 4) is 5.75 Å². The van der Waals surface area contributed by atoms with E-state index in [9.17, 15) is 9.59 Å². The first kappa shape index (κ1) is 33.3. The number of rotatable bonds is 9. The number of anilines is 1. The fourth-order valence-electron chi connectivity index (χ4n) is 8.00. The molecule has 1 atom stereocenters. The van der Waals surface area contributed by atoms with Gasteiger partial charge in [-0.2, -0.15) is 0 Å². The Morgan fingerprint density at radius 1 is 0.822 bits per heavy atom. The van der Waals surface area contributed by atoms with E-state index >= 15 is 0 Å². The lowest BCUT2D eigenvalue weighted by Gasteiger charge is -2.42. The second-order valence-corrected chi connectivity index (χ2v) is 13.3. The molecular weight excluding hydrogens is 584 g/mol. The van der Waals surface area contributed by atoms with Crippen molar-refractivity contribution in [3.05, 3.63) is 60.3 Å². The molecule has 2 saturated carbocycles. The highest BCUT2D eigenvalue weighted by atomic mass is 35.5. The molecule has 1 aliphatic heterocycles. The number of aryl methyl sites for hydroxylation is 1. The third kappa shape index (κ3) is 7.52. The van der Waals surface area contributed by atoms with E-state index in [4.69, 9.17) is 4.74 Å². The SMILES string of the molecule is COc1ccccc1N1CCN(C[C@@H](Cc2cn(C)c3ccccc23)N(C(=O)C2CCCCC2)C(=O)C2CCCCC2)CC1.Cl. The number of methoxy groups -OCH3 is 1. The third-order valence-electron chi connectivity index (χ3n) is 10.5. The van der Waals surface area contributed by atoms with E-state index in [1.54, 1.807) is 7.11 Å². The van der Waals surface area contributed by atoms with Gasteiger partial charge in [0, 0.05) is 68.7 Å². The van der Waals surface area contributed by atoms with Crippen LogP contribution >= 0.6 is 12.4 Å². The first-order valence-corrected chi connectivity index (χ1v) is 17.0. The van der Waals surface area contributed by atoms with Crippen molar-refractivity contribution < 1.29 is 14.3 Å². The van der Waals surface area contributed by atoms with Gasteiger partial charge in [-0.3, -0.25) is 19.4 Å². The number of imide groups is 1. The monoisotopic (exact) mass is 634 g/mol. The van der Waals surface area contributed by atoms with Gasteiger partial charge in [0.05, 0.1) is 18.8 Å². The highest BCUT2D eigenvalue weighted by molar-refractivity contribution is 5.98. The average Bonchev–Trinajstić information content (AvgIpc) is 3.40. The van der Waals surface area contributed by atoms with Gasteiger partial charge >= 0.3 is 0 Å². The van der Waals surface area contributed by atoms with Gasteiger partial charge in [-0.15, -0.1) is 12.4 Å². The lowest BCUT2D eigenvalue weighted by atomic mass is 9.85. The minimum atomic E-state index is -0.192. The van der Waals surface area contributed by atoms with Gasteiger partial charge in [0.25, 0.3) is 0 Å². The molecule has 2 amide bonds. The topological polar surface area (TPSA) is 58.0 Å². The summed E-state index contributed by atoms with van der Waals surface area (Å²) in [6, 6.07) is 16.5. The van der Waals surface area contributed by atoms with Gasteiger partial charge in [0.1, 0.15) is 5.75 Å². The first-order chi connectivity index (χ1) is 21.5. The van der Waals surface area contributed by atoms with Gasteiger partial charge in [-0.1, -0.05) is 68.9 Å². The molecule has 45 heavy (non-hydrogen) atoms. The van der Waals surface area contributed by atoms with Crippen molar-refractivity contribution in [1.29, 1.82) is 0 Å². The van der Waals surface area contributed by atoms with Gasteiger partial charge in [-0.25, -0.2) is 0 Å². The number of carbonyl (C=O) groups excluding carboxylic acids is 2. The van der Waals surface area contributed by atoms with Crippen LogP contribution in [0.2, 0.25) is 0 Å². The fraction of sp³-hybridized carbons (Fsp3) is 0.568. The van der Waals surface area contributed by atoms with Crippen LogP contribution < -0.4 is 9.64 Å². The zero-order valence-electron chi connectivity index (χ0n) is 27.2. The number of amides is 2. The molecule has 3 aliphatic rings. The van der Waals surface area contributed by atoms with Crippen LogP contribution in [0, 0.1) is 11.8 Å². The molecule has 2 aromatic carbocycles. The molecule has 244 valence electrons. The highest BCUT2D eigenvalue weighted by Crippen LogP contribution is 2.33. The number of para-hydroxylation sites is 3. The summed E-state index contributed by atoms with van der Waals surface area (Å²) in [7, 11) is 3.82. The second-order valence-electron chi connectivity index (χ2n) is 13.3. The minimum Gasteiger partial charge on any atom is -0.495 e. The predicted octanol–water partition coefficient (Wildman–Crippen LogP) is 6.86. The van der Waals surface area contributed by atoms with Crippen molar-refractivity contribution in [3.63, 3.8) is 0 Å². The molecule has 2 aliphatic carbocycles. The zero-order chi connectivity index (χ0) is 30.5. The Morgan fingerprint density at radius 2 is 1.40 bits per heavy atom. The van der Waals surface area contributed by atoms with Crippen LogP contribution in [-0.4, -0.2) is 72.1 Å². The predicted molar refractivity (Wildman–Crippen MR) is 184 cm³/mol. The Hall–Kier alpha value is -3.03. The average molecular weight is 635 g/mol. The third-order valence-corrected chi connectivity index (χ3v) is 10.5. The van der Waals surface area contributed by atoms with Crippen LogP contribution in [0.1, 0.15) is 69.8 Å². The summed E-state index contributed by atoms with van der Waals surface area (Å²) in [4.78, 5) is 35.7. The van der Waals surface area contributed by atoms with E-state index in [1.165, 1.54) is 29.3 Å². The lowest BCUT2D eigenvalue weighted by molar-refractivity contribution is -0.154. The molecule has 0 radical (unpaired) electrons. The Morgan fingerprint density at radius 3 is 2.02 bits per heavy atom. The first-order valence-electron chi connectivity index (χ1n) is 17.0. The van der Waals surface area contributed by atoms with E-state index in [1.807, 2.05) is 17.0 Å². The van der Waals surface area contributed by atoms with Gasteiger partial charge in [0.15, 0.2) is 0 Å². The maximum absolute atomic E-state index is 14.5. The lowest BCUT2D eigenvalue weighted by Crippen LogP contribution is -2.57. The number of hydrogen-bond donors (Lipinski definition) is 0. The van der Waals surface area contributed by atoms with Crippen molar-refractivity contribution >= 4 is 40.8 Å². The summed E-state index contributed by atoms with van der Waals surface area (Å²) in [5, 5.41) is 1.22. The molecule has 7 nitrogen and oxygen atoms in total. The molecular formula is C37H51ClN4O3. The Labute approximate surface area is 275 Å². The van der Waals surface area contributed by atoms with Crippen LogP contribution in [0.15, 0.2) is 54.7 Å². The van der Waals surface area contributed by atoms with Crippen molar-refractivity contribution in [2.24, 2.45) is 18.9 Å². The summed E-state index contributed by atoms with van der Waals surface area (Å²) in [6.45, 7) is 4.24. The van der Waals surface area contributed by atoms with Crippen LogP contribution in [-0.2, 0) is 23.1 Å². The normalized spacial score (nSPS) is 19.2. The van der Waals surface area contributed by atoms with E-state index in [2.05, 4.69) is 64.0 Å². The van der Waals surface area contributed by atoms with Crippen LogP contribution in [0.5, 0.6) is 5.75 Å². The Bertz CT molecular complexity index is 1390. The molecule has 0 N–H and O–H groups in total. The number of benzene rings is 2. The standard InChI is InChI=1S/C37H50N4O3.ClH/c1-38-26-30(32-17-9-10-18-33(32)38)25-31(27-39-21-23-40(24-22-39)34-19-11-12-20-35(34)44-2)41(36(42)28-13-5-3-6-14-28)37(43)29-15-7-4-8-16-29;/h9-12,17-20,26,28-29,31H,3-8,13-16,21-25,27H2,1-2H3;1H/t31-;/m1./s1. The Balaban J connectivity index is 0.00000400. The number of carbonyl (C=O) groups is 2.